The monoisotopic (exact) mass is 275 g/mol. The Morgan fingerprint density at radius 3 is 2.60 bits per heavy atom. The van der Waals surface area contributed by atoms with E-state index in [-0.39, 0.29) is 5.41 Å². The molecular formula is C16H25N3O. The molecule has 4 N–H and O–H groups in total. The van der Waals surface area contributed by atoms with Gasteiger partial charge in [0.15, 0.2) is 0 Å². The number of oxime groups is 1. The molecule has 110 valence electrons. The summed E-state index contributed by atoms with van der Waals surface area (Å²) >= 11 is 0. The van der Waals surface area contributed by atoms with E-state index in [0.717, 1.165) is 31.5 Å². The van der Waals surface area contributed by atoms with Crippen molar-refractivity contribution in [2.45, 2.75) is 45.4 Å². The van der Waals surface area contributed by atoms with Crippen LogP contribution in [0.15, 0.2) is 29.4 Å². The fourth-order valence-corrected chi connectivity index (χ4v) is 2.47. The third kappa shape index (κ3) is 4.15. The van der Waals surface area contributed by atoms with Gasteiger partial charge < -0.3 is 16.3 Å². The van der Waals surface area contributed by atoms with E-state index in [1.165, 1.54) is 18.4 Å². The van der Waals surface area contributed by atoms with Crippen molar-refractivity contribution < 1.29 is 5.21 Å². The van der Waals surface area contributed by atoms with E-state index >= 15 is 0 Å². The molecule has 1 aromatic carbocycles. The summed E-state index contributed by atoms with van der Waals surface area (Å²) in [6, 6.07) is 8.68. The van der Waals surface area contributed by atoms with Gasteiger partial charge in [-0.1, -0.05) is 30.6 Å². The SMILES string of the molecule is CCCCc1ccc(NCC2(CC(N)=NO)CC2)cc1. The van der Waals surface area contributed by atoms with Crippen molar-refractivity contribution >= 4 is 11.5 Å². The summed E-state index contributed by atoms with van der Waals surface area (Å²) in [5.41, 5.74) is 8.35. The first-order valence-electron chi connectivity index (χ1n) is 7.47. The summed E-state index contributed by atoms with van der Waals surface area (Å²) in [7, 11) is 0. The molecule has 0 amide bonds. The van der Waals surface area contributed by atoms with Crippen molar-refractivity contribution in [3.63, 3.8) is 0 Å². The average molecular weight is 275 g/mol. The summed E-state index contributed by atoms with van der Waals surface area (Å²) in [5.74, 6) is 0.333. The zero-order valence-electron chi connectivity index (χ0n) is 12.2. The van der Waals surface area contributed by atoms with Crippen LogP contribution in [0.1, 0.15) is 44.6 Å². The van der Waals surface area contributed by atoms with Gasteiger partial charge in [-0.25, -0.2) is 0 Å². The van der Waals surface area contributed by atoms with Crippen molar-refractivity contribution in [1.29, 1.82) is 0 Å². The van der Waals surface area contributed by atoms with Gasteiger partial charge in [0.05, 0.1) is 0 Å². The molecule has 0 aromatic heterocycles. The smallest absolute Gasteiger partial charge is 0.139 e. The van der Waals surface area contributed by atoms with Gasteiger partial charge in [0.2, 0.25) is 0 Å². The number of rotatable bonds is 8. The highest BCUT2D eigenvalue weighted by Gasteiger charge is 2.43. The number of nitrogens with one attached hydrogen (secondary N) is 1. The van der Waals surface area contributed by atoms with Gasteiger partial charge in [-0.15, -0.1) is 0 Å². The largest absolute Gasteiger partial charge is 0.409 e. The summed E-state index contributed by atoms with van der Waals surface area (Å²) in [4.78, 5) is 0. The first-order valence-corrected chi connectivity index (χ1v) is 7.47. The summed E-state index contributed by atoms with van der Waals surface area (Å²) in [6.45, 7) is 3.10. The Bertz CT molecular complexity index is 449. The predicted molar refractivity (Wildman–Crippen MR) is 83.2 cm³/mol. The van der Waals surface area contributed by atoms with E-state index in [0.29, 0.717) is 12.3 Å². The standard InChI is InChI=1S/C16H25N3O/c1-2-3-4-13-5-7-14(8-6-13)18-12-16(9-10-16)11-15(17)19-20/h5-8,18,20H,2-4,9-12H2,1H3,(H2,17,19). The molecule has 2 rings (SSSR count). The maximum Gasteiger partial charge on any atom is 0.139 e. The lowest BCUT2D eigenvalue weighted by Gasteiger charge is -2.16. The molecule has 1 aliphatic rings. The number of amidine groups is 1. The number of hydrogen-bond acceptors (Lipinski definition) is 3. The van der Waals surface area contributed by atoms with Crippen LogP contribution in [0, 0.1) is 5.41 Å². The number of anilines is 1. The molecule has 0 bridgehead atoms. The Balaban J connectivity index is 1.82. The summed E-state index contributed by atoms with van der Waals surface area (Å²) in [6.07, 6.45) is 6.59. The zero-order valence-corrected chi connectivity index (χ0v) is 12.2. The minimum Gasteiger partial charge on any atom is -0.409 e. The van der Waals surface area contributed by atoms with E-state index < -0.39 is 0 Å². The second kappa shape index (κ2) is 6.64. The highest BCUT2D eigenvalue weighted by atomic mass is 16.4. The molecule has 0 heterocycles. The highest BCUT2D eigenvalue weighted by Crippen LogP contribution is 2.48. The van der Waals surface area contributed by atoms with Crippen LogP contribution in [0.2, 0.25) is 0 Å². The third-order valence-corrected chi connectivity index (χ3v) is 4.08. The van der Waals surface area contributed by atoms with Gasteiger partial charge >= 0.3 is 0 Å². The normalized spacial score (nSPS) is 16.9. The van der Waals surface area contributed by atoms with Gasteiger partial charge in [-0.3, -0.25) is 0 Å². The minimum absolute atomic E-state index is 0.192. The lowest BCUT2D eigenvalue weighted by Crippen LogP contribution is -2.23. The molecule has 20 heavy (non-hydrogen) atoms. The number of benzene rings is 1. The second-order valence-corrected chi connectivity index (χ2v) is 5.92. The van der Waals surface area contributed by atoms with Gasteiger partial charge in [0.1, 0.15) is 5.84 Å². The topological polar surface area (TPSA) is 70.6 Å². The van der Waals surface area contributed by atoms with E-state index in [1.807, 2.05) is 0 Å². The fraction of sp³-hybridized carbons (Fsp3) is 0.562. The van der Waals surface area contributed by atoms with Crippen LogP contribution >= 0.6 is 0 Å². The second-order valence-electron chi connectivity index (χ2n) is 5.92. The molecule has 0 atom stereocenters. The number of aryl methyl sites for hydroxylation is 1. The molecule has 4 nitrogen and oxygen atoms in total. The van der Waals surface area contributed by atoms with Crippen molar-refractivity contribution in [3.8, 4) is 0 Å². The number of hydrogen-bond donors (Lipinski definition) is 3. The van der Waals surface area contributed by atoms with Crippen molar-refractivity contribution in [3.05, 3.63) is 29.8 Å². The molecular weight excluding hydrogens is 250 g/mol. The molecule has 0 saturated heterocycles. The van der Waals surface area contributed by atoms with Gasteiger partial charge in [-0.2, -0.15) is 0 Å². The van der Waals surface area contributed by atoms with E-state index in [4.69, 9.17) is 10.9 Å². The molecule has 0 aliphatic heterocycles. The van der Waals surface area contributed by atoms with Crippen LogP contribution in [0.25, 0.3) is 0 Å². The Morgan fingerprint density at radius 1 is 1.35 bits per heavy atom. The lowest BCUT2D eigenvalue weighted by atomic mass is 10.0. The summed E-state index contributed by atoms with van der Waals surface area (Å²) < 4.78 is 0. The Hall–Kier alpha value is -1.71. The van der Waals surface area contributed by atoms with Crippen LogP contribution in [0.3, 0.4) is 0 Å². The predicted octanol–water partition coefficient (Wildman–Crippen LogP) is 3.36. The van der Waals surface area contributed by atoms with E-state index in [1.54, 1.807) is 0 Å². The van der Waals surface area contributed by atoms with Crippen molar-refractivity contribution in [2.24, 2.45) is 16.3 Å². The van der Waals surface area contributed by atoms with Gasteiger partial charge in [0.25, 0.3) is 0 Å². The van der Waals surface area contributed by atoms with Crippen LogP contribution in [0.4, 0.5) is 5.69 Å². The van der Waals surface area contributed by atoms with Crippen LogP contribution in [-0.4, -0.2) is 17.6 Å². The molecule has 0 spiro atoms. The van der Waals surface area contributed by atoms with Crippen LogP contribution < -0.4 is 11.1 Å². The Labute approximate surface area is 121 Å². The molecule has 0 unspecified atom stereocenters. The lowest BCUT2D eigenvalue weighted by molar-refractivity contribution is 0.315. The molecule has 4 heteroatoms. The highest BCUT2D eigenvalue weighted by molar-refractivity contribution is 5.80. The van der Waals surface area contributed by atoms with Crippen molar-refractivity contribution in [1.82, 2.24) is 0 Å². The maximum atomic E-state index is 8.66. The van der Waals surface area contributed by atoms with Crippen LogP contribution in [0.5, 0.6) is 0 Å². The molecule has 1 saturated carbocycles. The quantitative estimate of drug-likeness (QED) is 0.295. The summed E-state index contributed by atoms with van der Waals surface area (Å²) in [5, 5.41) is 15.2. The minimum atomic E-state index is 0.192. The molecule has 1 aliphatic carbocycles. The van der Waals surface area contributed by atoms with Crippen LogP contribution in [-0.2, 0) is 6.42 Å². The zero-order chi connectivity index (χ0) is 14.4. The Morgan fingerprint density at radius 2 is 2.05 bits per heavy atom. The van der Waals surface area contributed by atoms with Crippen molar-refractivity contribution in [2.75, 3.05) is 11.9 Å². The molecule has 0 radical (unpaired) electrons. The number of nitrogens with zero attached hydrogens (tertiary/aromatic N) is 1. The first-order chi connectivity index (χ1) is 9.67. The van der Waals surface area contributed by atoms with E-state index in [2.05, 4.69) is 41.7 Å². The average Bonchev–Trinajstić information content (AvgIpc) is 3.24. The first kappa shape index (κ1) is 14.7. The Kier molecular flexibility index (Phi) is 4.88. The molecule has 1 fully saturated rings. The number of nitrogens with two attached hydrogens (primary N) is 1. The van der Waals surface area contributed by atoms with Gasteiger partial charge in [-0.05, 0) is 48.8 Å². The maximum absolute atomic E-state index is 8.66. The van der Waals surface area contributed by atoms with Gasteiger partial charge in [0, 0.05) is 18.7 Å². The third-order valence-electron chi connectivity index (χ3n) is 4.08. The number of unbranched alkanes of at least 4 members (excludes halogenated alkanes) is 1. The molecule has 1 aromatic rings. The fourth-order valence-electron chi connectivity index (χ4n) is 2.47. The van der Waals surface area contributed by atoms with E-state index in [9.17, 15) is 0 Å².